The van der Waals surface area contributed by atoms with Crippen molar-refractivity contribution in [3.8, 4) is 5.75 Å². The molecule has 3 rings (SSSR count). The van der Waals surface area contributed by atoms with E-state index in [4.69, 9.17) is 21.1 Å². The van der Waals surface area contributed by atoms with Crippen LogP contribution in [0.5, 0.6) is 5.75 Å². The van der Waals surface area contributed by atoms with Gasteiger partial charge in [0, 0.05) is 31.2 Å². The van der Waals surface area contributed by atoms with Gasteiger partial charge in [-0.05, 0) is 30.2 Å². The SMILES string of the molecule is COc1cc2c(cc1Cc1cccc(Cl)c1F)c(=O)c(C(=O)O)cn2C(CO)C(C)OC. The van der Waals surface area contributed by atoms with E-state index in [9.17, 15) is 24.2 Å². The average Bonchev–Trinajstić information content (AvgIpc) is 2.78. The third kappa shape index (κ3) is 4.34. The summed E-state index contributed by atoms with van der Waals surface area (Å²) in [6, 6.07) is 7.02. The van der Waals surface area contributed by atoms with Gasteiger partial charge in [0.25, 0.3) is 0 Å². The fourth-order valence-corrected chi connectivity index (χ4v) is 3.88. The van der Waals surface area contributed by atoms with E-state index >= 15 is 0 Å². The maximum Gasteiger partial charge on any atom is 0.341 e. The summed E-state index contributed by atoms with van der Waals surface area (Å²) in [5, 5.41) is 19.6. The van der Waals surface area contributed by atoms with Crippen molar-refractivity contribution < 1.29 is 28.9 Å². The molecular weight excluding hydrogens is 441 g/mol. The van der Waals surface area contributed by atoms with Crippen molar-refractivity contribution in [3.05, 3.63) is 74.3 Å². The molecule has 0 amide bonds. The van der Waals surface area contributed by atoms with Gasteiger partial charge in [-0.3, -0.25) is 4.79 Å². The molecule has 2 N–H and O–H groups in total. The van der Waals surface area contributed by atoms with Crippen LogP contribution in [0.25, 0.3) is 10.9 Å². The van der Waals surface area contributed by atoms with Gasteiger partial charge >= 0.3 is 5.97 Å². The normalized spacial score (nSPS) is 13.2. The molecule has 0 spiro atoms. The summed E-state index contributed by atoms with van der Waals surface area (Å²) >= 11 is 5.88. The van der Waals surface area contributed by atoms with E-state index in [0.29, 0.717) is 22.4 Å². The van der Waals surface area contributed by atoms with E-state index in [2.05, 4.69) is 0 Å². The monoisotopic (exact) mass is 463 g/mol. The second-order valence-electron chi connectivity index (χ2n) is 7.35. The highest BCUT2D eigenvalue weighted by atomic mass is 35.5. The number of fused-ring (bicyclic) bond motifs is 1. The van der Waals surface area contributed by atoms with Gasteiger partial charge in [0.2, 0.25) is 5.43 Å². The second kappa shape index (κ2) is 9.68. The highest BCUT2D eigenvalue weighted by Crippen LogP contribution is 2.31. The fourth-order valence-electron chi connectivity index (χ4n) is 3.69. The molecule has 0 fully saturated rings. The Kier molecular flexibility index (Phi) is 7.18. The van der Waals surface area contributed by atoms with Crippen molar-refractivity contribution in [2.75, 3.05) is 20.8 Å². The summed E-state index contributed by atoms with van der Waals surface area (Å²) < 4.78 is 26.8. The Morgan fingerprint density at radius 1 is 1.25 bits per heavy atom. The number of pyridine rings is 1. The lowest BCUT2D eigenvalue weighted by Gasteiger charge is -2.26. The summed E-state index contributed by atoms with van der Waals surface area (Å²) in [4.78, 5) is 24.7. The Morgan fingerprint density at radius 2 is 1.97 bits per heavy atom. The fraction of sp³-hybridized carbons (Fsp3) is 0.304. The predicted octanol–water partition coefficient (Wildman–Crippen LogP) is 3.66. The molecule has 9 heteroatoms. The molecule has 1 heterocycles. The minimum Gasteiger partial charge on any atom is -0.496 e. The van der Waals surface area contributed by atoms with Crippen molar-refractivity contribution in [1.29, 1.82) is 0 Å². The number of hydrogen-bond acceptors (Lipinski definition) is 5. The zero-order valence-electron chi connectivity index (χ0n) is 17.8. The van der Waals surface area contributed by atoms with Gasteiger partial charge in [0.1, 0.15) is 17.1 Å². The lowest BCUT2D eigenvalue weighted by atomic mass is 9.99. The molecule has 1 aromatic heterocycles. The Morgan fingerprint density at radius 3 is 2.56 bits per heavy atom. The molecule has 170 valence electrons. The predicted molar refractivity (Wildman–Crippen MR) is 119 cm³/mol. The van der Waals surface area contributed by atoms with Crippen LogP contribution < -0.4 is 10.2 Å². The lowest BCUT2D eigenvalue weighted by molar-refractivity contribution is 0.0456. The number of aliphatic hydroxyl groups is 1. The van der Waals surface area contributed by atoms with E-state index in [1.54, 1.807) is 25.1 Å². The van der Waals surface area contributed by atoms with Crippen molar-refractivity contribution in [2.45, 2.75) is 25.5 Å². The van der Waals surface area contributed by atoms with E-state index in [1.165, 1.54) is 37.1 Å². The third-order valence-electron chi connectivity index (χ3n) is 5.54. The average molecular weight is 464 g/mol. The molecule has 2 unspecified atom stereocenters. The molecule has 2 atom stereocenters. The standard InChI is InChI=1S/C23H23ClFNO6/c1-12(31-2)19(11-27)26-10-16(23(29)30)22(28)15-8-14(20(32-3)9-18(15)26)7-13-5-4-6-17(24)21(13)25/h4-6,8-10,12,19,27H,7,11H2,1-3H3,(H,29,30). The van der Waals surface area contributed by atoms with Crippen LogP contribution in [0.3, 0.4) is 0 Å². The maximum atomic E-state index is 14.5. The summed E-state index contributed by atoms with van der Waals surface area (Å²) in [6.45, 7) is 1.36. The summed E-state index contributed by atoms with van der Waals surface area (Å²) in [6.07, 6.45) is 0.776. The molecular formula is C23H23ClFNO6. The lowest BCUT2D eigenvalue weighted by Crippen LogP contribution is -2.29. The van der Waals surface area contributed by atoms with Gasteiger partial charge in [0.05, 0.1) is 36.4 Å². The molecule has 0 bridgehead atoms. The Balaban J connectivity index is 2.32. The van der Waals surface area contributed by atoms with Gasteiger partial charge in [0.15, 0.2) is 0 Å². The van der Waals surface area contributed by atoms with E-state index in [1.807, 2.05) is 0 Å². The topological polar surface area (TPSA) is 98.0 Å². The molecule has 3 aromatic rings. The highest BCUT2D eigenvalue weighted by molar-refractivity contribution is 6.30. The van der Waals surface area contributed by atoms with Gasteiger partial charge in [-0.15, -0.1) is 0 Å². The van der Waals surface area contributed by atoms with Crippen molar-refractivity contribution >= 4 is 28.5 Å². The number of carboxylic acids is 1. The van der Waals surface area contributed by atoms with E-state index in [-0.39, 0.29) is 23.4 Å². The second-order valence-corrected chi connectivity index (χ2v) is 7.75. The number of halogens is 2. The molecule has 0 saturated carbocycles. The highest BCUT2D eigenvalue weighted by Gasteiger charge is 2.24. The van der Waals surface area contributed by atoms with Crippen molar-refractivity contribution in [2.24, 2.45) is 0 Å². The van der Waals surface area contributed by atoms with Gasteiger partial charge in [-0.1, -0.05) is 23.7 Å². The summed E-state index contributed by atoms with van der Waals surface area (Å²) in [5.41, 5.74) is -0.0146. The third-order valence-corrected chi connectivity index (χ3v) is 5.83. The number of hydrogen-bond donors (Lipinski definition) is 2. The molecule has 0 aliphatic heterocycles. The minimum atomic E-state index is -1.40. The first-order chi connectivity index (χ1) is 15.2. The molecule has 2 aromatic carbocycles. The van der Waals surface area contributed by atoms with Crippen LogP contribution >= 0.6 is 11.6 Å². The first-order valence-electron chi connectivity index (χ1n) is 9.79. The molecule has 32 heavy (non-hydrogen) atoms. The Hall–Kier alpha value is -2.94. The summed E-state index contributed by atoms with van der Waals surface area (Å²) in [7, 11) is 2.91. The largest absolute Gasteiger partial charge is 0.496 e. The Bertz CT molecular complexity index is 1230. The molecule has 0 aliphatic rings. The van der Waals surface area contributed by atoms with Crippen LogP contribution in [0, 0.1) is 5.82 Å². The van der Waals surface area contributed by atoms with Gasteiger partial charge in [-0.25, -0.2) is 9.18 Å². The first-order valence-corrected chi connectivity index (χ1v) is 10.2. The van der Waals surface area contributed by atoms with Crippen LogP contribution in [0.4, 0.5) is 4.39 Å². The van der Waals surface area contributed by atoms with Crippen molar-refractivity contribution in [1.82, 2.24) is 4.57 Å². The number of aromatic nitrogens is 1. The number of carbonyl (C=O) groups is 1. The number of aromatic carboxylic acids is 1. The first kappa shape index (κ1) is 23.7. The van der Waals surface area contributed by atoms with Crippen LogP contribution in [0.2, 0.25) is 5.02 Å². The quantitative estimate of drug-likeness (QED) is 0.529. The van der Waals surface area contributed by atoms with Crippen LogP contribution in [-0.2, 0) is 11.2 Å². The number of ether oxygens (including phenoxy) is 2. The maximum absolute atomic E-state index is 14.5. The van der Waals surface area contributed by atoms with Crippen LogP contribution in [-0.4, -0.2) is 47.7 Å². The Labute approximate surface area is 188 Å². The number of benzene rings is 2. The minimum absolute atomic E-state index is 0.0304. The molecule has 0 saturated heterocycles. The van der Waals surface area contributed by atoms with E-state index in [0.717, 1.165) is 0 Å². The number of rotatable bonds is 8. The zero-order chi connectivity index (χ0) is 23.6. The molecule has 0 radical (unpaired) electrons. The number of carboxylic acid groups (broad SMARTS) is 1. The zero-order valence-corrected chi connectivity index (χ0v) is 18.5. The van der Waals surface area contributed by atoms with E-state index < -0.39 is 34.9 Å². The molecule has 7 nitrogen and oxygen atoms in total. The van der Waals surface area contributed by atoms with Crippen LogP contribution in [0.15, 0.2) is 41.3 Å². The number of nitrogens with zero attached hydrogens (tertiary/aromatic N) is 1. The van der Waals surface area contributed by atoms with Gasteiger partial charge in [-0.2, -0.15) is 0 Å². The smallest absolute Gasteiger partial charge is 0.341 e. The number of methoxy groups -OCH3 is 2. The molecule has 0 aliphatic carbocycles. The van der Waals surface area contributed by atoms with Crippen LogP contribution in [0.1, 0.15) is 34.5 Å². The summed E-state index contributed by atoms with van der Waals surface area (Å²) in [5.74, 6) is -1.61. The van der Waals surface area contributed by atoms with Crippen molar-refractivity contribution in [3.63, 3.8) is 0 Å². The number of aliphatic hydroxyl groups excluding tert-OH is 1. The van der Waals surface area contributed by atoms with Gasteiger partial charge < -0.3 is 24.3 Å².